The van der Waals surface area contributed by atoms with Crippen molar-refractivity contribution < 1.29 is 9.42 Å². The first-order valence-corrected chi connectivity index (χ1v) is 9.19. The van der Waals surface area contributed by atoms with Gasteiger partial charge in [0.2, 0.25) is 5.91 Å². The van der Waals surface area contributed by atoms with E-state index in [-0.39, 0.29) is 5.91 Å². The molecule has 7 heteroatoms. The third kappa shape index (κ3) is 4.32. The van der Waals surface area contributed by atoms with E-state index in [1.165, 1.54) is 11.1 Å². The number of aryl methyl sites for hydroxylation is 1. The second-order valence-corrected chi connectivity index (χ2v) is 7.02. The number of aromatic nitrogens is 2. The van der Waals surface area contributed by atoms with Crippen LogP contribution in [-0.4, -0.2) is 58.7 Å². The lowest BCUT2D eigenvalue weighted by molar-refractivity contribution is -0.117. The average Bonchev–Trinajstić information content (AvgIpc) is 3.15. The van der Waals surface area contributed by atoms with E-state index < -0.39 is 0 Å². The van der Waals surface area contributed by atoms with Crippen molar-refractivity contribution in [1.82, 2.24) is 20.1 Å². The molecule has 0 bridgehead atoms. The molecule has 4 rings (SSSR count). The molecule has 1 aliphatic heterocycles. The van der Waals surface area contributed by atoms with Gasteiger partial charge in [-0.25, -0.2) is 4.63 Å². The maximum Gasteiger partial charge on any atom is 0.238 e. The molecule has 1 N–H and O–H groups in total. The first kappa shape index (κ1) is 17.6. The Balaban J connectivity index is 1.27. The normalized spacial score (nSPS) is 15.9. The highest BCUT2D eigenvalue weighted by atomic mass is 16.6. The average molecular weight is 365 g/mol. The van der Waals surface area contributed by atoms with Gasteiger partial charge in [-0.2, -0.15) is 0 Å². The number of carbonyl (C=O) groups excluding carboxylic acids is 1. The molecular weight excluding hydrogens is 342 g/mol. The number of hydrogen-bond acceptors (Lipinski definition) is 6. The molecule has 2 heterocycles. The third-order valence-electron chi connectivity index (χ3n) is 4.92. The number of hydrogen-bond donors (Lipinski definition) is 1. The van der Waals surface area contributed by atoms with Crippen molar-refractivity contribution in [2.75, 3.05) is 38.0 Å². The number of nitrogens with zero attached hydrogens (tertiary/aromatic N) is 4. The van der Waals surface area contributed by atoms with Crippen LogP contribution in [0.25, 0.3) is 11.0 Å². The fraction of sp³-hybridized carbons (Fsp3) is 0.350. The van der Waals surface area contributed by atoms with Crippen LogP contribution < -0.4 is 5.32 Å². The summed E-state index contributed by atoms with van der Waals surface area (Å²) in [5.74, 6) is -0.0440. The zero-order valence-electron chi connectivity index (χ0n) is 15.4. The Labute approximate surface area is 157 Å². The van der Waals surface area contributed by atoms with E-state index in [2.05, 4.69) is 56.6 Å². The molecule has 1 aromatic heterocycles. The summed E-state index contributed by atoms with van der Waals surface area (Å²) in [5.41, 5.74) is 4.47. The highest BCUT2D eigenvalue weighted by molar-refractivity contribution is 5.99. The fourth-order valence-corrected chi connectivity index (χ4v) is 3.36. The van der Waals surface area contributed by atoms with E-state index in [1.807, 2.05) is 12.1 Å². The predicted octanol–water partition coefficient (Wildman–Crippen LogP) is 2.29. The van der Waals surface area contributed by atoms with Crippen LogP contribution in [0.4, 0.5) is 5.69 Å². The van der Waals surface area contributed by atoms with Crippen LogP contribution in [0, 0.1) is 6.92 Å². The Morgan fingerprint density at radius 1 is 1.04 bits per heavy atom. The van der Waals surface area contributed by atoms with Gasteiger partial charge in [0, 0.05) is 32.7 Å². The zero-order valence-corrected chi connectivity index (χ0v) is 15.4. The van der Waals surface area contributed by atoms with Crippen molar-refractivity contribution in [3.8, 4) is 0 Å². The summed E-state index contributed by atoms with van der Waals surface area (Å²) in [6.45, 7) is 7.13. The van der Waals surface area contributed by atoms with E-state index in [4.69, 9.17) is 4.63 Å². The molecule has 1 saturated heterocycles. The van der Waals surface area contributed by atoms with Gasteiger partial charge in [0.25, 0.3) is 0 Å². The molecule has 0 spiro atoms. The lowest BCUT2D eigenvalue weighted by Gasteiger charge is -2.34. The Morgan fingerprint density at radius 3 is 2.56 bits per heavy atom. The number of piperazine rings is 1. The van der Waals surface area contributed by atoms with Crippen LogP contribution in [0.15, 0.2) is 47.1 Å². The molecule has 2 aromatic carbocycles. The van der Waals surface area contributed by atoms with Crippen molar-refractivity contribution in [3.05, 3.63) is 53.6 Å². The molecule has 0 radical (unpaired) electrons. The van der Waals surface area contributed by atoms with Gasteiger partial charge in [-0.1, -0.05) is 35.9 Å². The first-order valence-electron chi connectivity index (χ1n) is 9.19. The number of carbonyl (C=O) groups is 1. The Bertz CT molecular complexity index is 914. The molecule has 0 aliphatic carbocycles. The largest absolute Gasteiger partial charge is 0.323 e. The highest BCUT2D eigenvalue weighted by Gasteiger charge is 2.19. The van der Waals surface area contributed by atoms with Gasteiger partial charge in [0.1, 0.15) is 5.52 Å². The second-order valence-electron chi connectivity index (χ2n) is 7.02. The quantitative estimate of drug-likeness (QED) is 0.748. The molecule has 140 valence electrons. The van der Waals surface area contributed by atoms with Crippen LogP contribution in [0.1, 0.15) is 11.1 Å². The fourth-order valence-electron chi connectivity index (χ4n) is 3.36. The highest BCUT2D eigenvalue weighted by Crippen LogP contribution is 2.19. The van der Waals surface area contributed by atoms with E-state index in [0.717, 1.165) is 32.7 Å². The summed E-state index contributed by atoms with van der Waals surface area (Å²) in [6.07, 6.45) is 0. The summed E-state index contributed by atoms with van der Waals surface area (Å²) in [5, 5.41) is 10.6. The minimum atomic E-state index is -0.0440. The van der Waals surface area contributed by atoms with Gasteiger partial charge >= 0.3 is 0 Å². The Kier molecular flexibility index (Phi) is 5.13. The molecular formula is C20H23N5O2. The van der Waals surface area contributed by atoms with Crippen LogP contribution in [0.3, 0.4) is 0 Å². The maximum atomic E-state index is 12.4. The van der Waals surface area contributed by atoms with Gasteiger partial charge in [-0.3, -0.25) is 14.6 Å². The summed E-state index contributed by atoms with van der Waals surface area (Å²) in [7, 11) is 0. The number of nitrogens with one attached hydrogen (secondary N) is 1. The van der Waals surface area contributed by atoms with Crippen LogP contribution in [0.5, 0.6) is 0 Å². The number of rotatable bonds is 5. The molecule has 1 fully saturated rings. The minimum absolute atomic E-state index is 0.0440. The summed E-state index contributed by atoms with van der Waals surface area (Å²) < 4.78 is 4.74. The van der Waals surface area contributed by atoms with Crippen molar-refractivity contribution in [2.45, 2.75) is 13.5 Å². The van der Waals surface area contributed by atoms with Crippen molar-refractivity contribution in [3.63, 3.8) is 0 Å². The molecule has 0 saturated carbocycles. The Hall–Kier alpha value is -2.77. The van der Waals surface area contributed by atoms with Crippen molar-refractivity contribution in [2.24, 2.45) is 0 Å². The smallest absolute Gasteiger partial charge is 0.238 e. The number of fused-ring (bicyclic) bond motifs is 1. The molecule has 3 aromatic rings. The van der Waals surface area contributed by atoms with Gasteiger partial charge in [-0.15, -0.1) is 0 Å². The molecule has 0 atom stereocenters. The molecule has 27 heavy (non-hydrogen) atoms. The topological polar surface area (TPSA) is 74.5 Å². The third-order valence-corrected chi connectivity index (χ3v) is 4.92. The van der Waals surface area contributed by atoms with Gasteiger partial charge in [0.15, 0.2) is 5.52 Å². The lowest BCUT2D eigenvalue weighted by Crippen LogP contribution is -2.48. The monoisotopic (exact) mass is 365 g/mol. The summed E-state index contributed by atoms with van der Waals surface area (Å²) >= 11 is 0. The van der Waals surface area contributed by atoms with Gasteiger partial charge in [-0.05, 0) is 34.9 Å². The number of amides is 1. The maximum absolute atomic E-state index is 12.4. The first-order chi connectivity index (χ1) is 13.2. The van der Waals surface area contributed by atoms with Gasteiger partial charge in [0.05, 0.1) is 12.2 Å². The molecule has 1 amide bonds. The Morgan fingerprint density at radius 2 is 1.78 bits per heavy atom. The SMILES string of the molecule is Cc1ccc(CN2CCN(CC(=O)Nc3cccc4nonc34)CC2)cc1. The van der Waals surface area contributed by atoms with E-state index >= 15 is 0 Å². The van der Waals surface area contributed by atoms with E-state index in [9.17, 15) is 4.79 Å². The predicted molar refractivity (Wildman–Crippen MR) is 103 cm³/mol. The summed E-state index contributed by atoms with van der Waals surface area (Å²) in [6, 6.07) is 14.1. The van der Waals surface area contributed by atoms with Crippen LogP contribution in [-0.2, 0) is 11.3 Å². The van der Waals surface area contributed by atoms with Crippen molar-refractivity contribution in [1.29, 1.82) is 0 Å². The molecule has 7 nitrogen and oxygen atoms in total. The minimum Gasteiger partial charge on any atom is -0.323 e. The number of anilines is 1. The second kappa shape index (κ2) is 7.85. The van der Waals surface area contributed by atoms with E-state index in [1.54, 1.807) is 6.07 Å². The van der Waals surface area contributed by atoms with Crippen LogP contribution in [0.2, 0.25) is 0 Å². The molecule has 1 aliphatic rings. The lowest BCUT2D eigenvalue weighted by atomic mass is 10.1. The standard InChI is InChI=1S/C20H23N5O2/c1-15-5-7-16(8-6-15)13-24-9-11-25(12-10-24)14-19(26)21-17-3-2-4-18-20(17)23-27-22-18/h2-8H,9-14H2,1H3,(H,21,26). The molecule has 0 unspecified atom stereocenters. The van der Waals surface area contributed by atoms with E-state index in [0.29, 0.717) is 23.3 Å². The number of benzene rings is 2. The van der Waals surface area contributed by atoms with Gasteiger partial charge < -0.3 is 5.32 Å². The van der Waals surface area contributed by atoms with Crippen molar-refractivity contribution >= 4 is 22.6 Å². The zero-order chi connectivity index (χ0) is 18.6. The summed E-state index contributed by atoms with van der Waals surface area (Å²) in [4.78, 5) is 17.0. The van der Waals surface area contributed by atoms with Crippen LogP contribution >= 0.6 is 0 Å².